The Labute approximate surface area is 128 Å². The third kappa shape index (κ3) is 3.04. The molecule has 2 amide bonds. The molecule has 1 aromatic rings. The summed E-state index contributed by atoms with van der Waals surface area (Å²) in [5.74, 6) is -0.433. The van der Waals surface area contributed by atoms with Gasteiger partial charge < -0.3 is 15.4 Å². The van der Waals surface area contributed by atoms with E-state index >= 15 is 0 Å². The molecule has 3 rings (SSSR count). The third-order valence-corrected chi connectivity index (χ3v) is 4.31. The van der Waals surface area contributed by atoms with Crippen molar-refractivity contribution in [2.45, 2.75) is 37.5 Å². The molecule has 2 atom stereocenters. The predicted molar refractivity (Wildman–Crippen MR) is 77.9 cm³/mol. The van der Waals surface area contributed by atoms with Crippen molar-refractivity contribution in [3.05, 3.63) is 34.9 Å². The first-order chi connectivity index (χ1) is 10.1. The molecule has 5 nitrogen and oxygen atoms in total. The molecule has 112 valence electrons. The van der Waals surface area contributed by atoms with Gasteiger partial charge in [-0.15, -0.1) is 0 Å². The van der Waals surface area contributed by atoms with Gasteiger partial charge in [0.1, 0.15) is 6.61 Å². The van der Waals surface area contributed by atoms with Crippen LogP contribution in [0.15, 0.2) is 24.3 Å². The Balaban J connectivity index is 1.80. The molecular formula is C15H17ClN2O3. The number of halogens is 1. The highest BCUT2D eigenvalue weighted by Gasteiger charge is 2.38. The van der Waals surface area contributed by atoms with E-state index in [9.17, 15) is 9.59 Å². The van der Waals surface area contributed by atoms with E-state index in [0.29, 0.717) is 10.6 Å². The highest BCUT2D eigenvalue weighted by Crippen LogP contribution is 2.29. The molecule has 0 bridgehead atoms. The predicted octanol–water partition coefficient (Wildman–Crippen LogP) is 1.56. The Morgan fingerprint density at radius 1 is 1.33 bits per heavy atom. The van der Waals surface area contributed by atoms with Crippen LogP contribution in [0.1, 0.15) is 30.9 Å². The molecule has 21 heavy (non-hydrogen) atoms. The number of carbonyl (C=O) groups is 2. The normalized spacial score (nSPS) is 25.9. The van der Waals surface area contributed by atoms with E-state index in [1.54, 1.807) is 18.2 Å². The van der Waals surface area contributed by atoms with E-state index in [2.05, 4.69) is 10.6 Å². The summed E-state index contributed by atoms with van der Waals surface area (Å²) in [7, 11) is 0. The lowest BCUT2D eigenvalue weighted by atomic mass is 9.92. The molecule has 2 N–H and O–H groups in total. The quantitative estimate of drug-likeness (QED) is 0.890. The number of hydrogen-bond acceptors (Lipinski definition) is 3. The number of rotatable bonds is 3. The average Bonchev–Trinajstić information content (AvgIpc) is 2.43. The van der Waals surface area contributed by atoms with Crippen molar-refractivity contribution in [2.75, 3.05) is 6.61 Å². The van der Waals surface area contributed by atoms with Gasteiger partial charge in [-0.05, 0) is 30.9 Å². The molecule has 0 aromatic heterocycles. The first-order valence-corrected chi connectivity index (χ1v) is 7.49. The Morgan fingerprint density at radius 2 is 2.10 bits per heavy atom. The van der Waals surface area contributed by atoms with E-state index in [-0.39, 0.29) is 24.5 Å². The number of ether oxygens (including phenoxy) is 1. The zero-order chi connectivity index (χ0) is 14.8. The van der Waals surface area contributed by atoms with Gasteiger partial charge in [0.2, 0.25) is 5.91 Å². The maximum absolute atomic E-state index is 12.4. The van der Waals surface area contributed by atoms with E-state index < -0.39 is 12.1 Å². The van der Waals surface area contributed by atoms with E-state index in [4.69, 9.17) is 16.3 Å². The van der Waals surface area contributed by atoms with Crippen LogP contribution in [-0.4, -0.2) is 30.6 Å². The zero-order valence-electron chi connectivity index (χ0n) is 11.5. The minimum absolute atomic E-state index is 0.107. The summed E-state index contributed by atoms with van der Waals surface area (Å²) in [5.41, 5.74) is 0.695. The molecule has 0 unspecified atom stereocenters. The lowest BCUT2D eigenvalue weighted by molar-refractivity contribution is -0.148. The van der Waals surface area contributed by atoms with Gasteiger partial charge in [0, 0.05) is 11.1 Å². The number of morpholine rings is 1. The molecule has 1 aliphatic heterocycles. The van der Waals surface area contributed by atoms with E-state index in [1.165, 1.54) is 0 Å². The Morgan fingerprint density at radius 3 is 2.76 bits per heavy atom. The second-order valence-electron chi connectivity index (χ2n) is 5.43. The van der Waals surface area contributed by atoms with Gasteiger partial charge in [0.05, 0.1) is 6.04 Å². The molecule has 2 aliphatic rings. The molecule has 6 heteroatoms. The van der Waals surface area contributed by atoms with Crippen molar-refractivity contribution in [3.63, 3.8) is 0 Å². The number of hydrogen-bond donors (Lipinski definition) is 2. The second-order valence-corrected chi connectivity index (χ2v) is 5.84. The fourth-order valence-electron chi connectivity index (χ4n) is 2.58. The second kappa shape index (κ2) is 6.03. The number of carbonyl (C=O) groups excluding carboxylic acids is 2. The van der Waals surface area contributed by atoms with Crippen LogP contribution in [0.5, 0.6) is 0 Å². The van der Waals surface area contributed by atoms with Crippen LogP contribution < -0.4 is 10.6 Å². The van der Waals surface area contributed by atoms with Crippen LogP contribution in [-0.2, 0) is 14.3 Å². The molecule has 0 radical (unpaired) electrons. The number of amides is 2. The summed E-state index contributed by atoms with van der Waals surface area (Å²) in [5, 5.41) is 6.28. The molecule has 2 fully saturated rings. The molecular weight excluding hydrogens is 292 g/mol. The van der Waals surface area contributed by atoms with Crippen molar-refractivity contribution in [2.24, 2.45) is 0 Å². The molecule has 1 saturated heterocycles. The van der Waals surface area contributed by atoms with Crippen molar-refractivity contribution >= 4 is 23.4 Å². The highest BCUT2D eigenvalue weighted by atomic mass is 35.5. The summed E-state index contributed by atoms with van der Waals surface area (Å²) in [4.78, 5) is 24.0. The molecule has 1 aromatic carbocycles. The SMILES string of the molecule is O=C1CO[C@H](C(=O)NC2CCC2)[C@@H](c2ccccc2Cl)N1. The summed E-state index contributed by atoms with van der Waals surface area (Å²) < 4.78 is 5.46. The van der Waals surface area contributed by atoms with Gasteiger partial charge in [-0.2, -0.15) is 0 Å². The molecule has 1 saturated carbocycles. The van der Waals surface area contributed by atoms with Crippen LogP contribution in [0, 0.1) is 0 Å². The first kappa shape index (κ1) is 14.4. The van der Waals surface area contributed by atoms with E-state index in [1.807, 2.05) is 6.07 Å². The maximum atomic E-state index is 12.4. The maximum Gasteiger partial charge on any atom is 0.251 e. The zero-order valence-corrected chi connectivity index (χ0v) is 12.2. The first-order valence-electron chi connectivity index (χ1n) is 7.11. The van der Waals surface area contributed by atoms with Crippen molar-refractivity contribution in [1.82, 2.24) is 10.6 Å². The van der Waals surface area contributed by atoms with Gasteiger partial charge in [0.15, 0.2) is 6.10 Å². The average molecular weight is 309 g/mol. The van der Waals surface area contributed by atoms with Crippen LogP contribution in [0.4, 0.5) is 0 Å². The van der Waals surface area contributed by atoms with Crippen molar-refractivity contribution in [3.8, 4) is 0 Å². The van der Waals surface area contributed by atoms with Crippen LogP contribution in [0.3, 0.4) is 0 Å². The third-order valence-electron chi connectivity index (χ3n) is 3.96. The van der Waals surface area contributed by atoms with Gasteiger partial charge in [-0.1, -0.05) is 29.8 Å². The Kier molecular flexibility index (Phi) is 4.12. The van der Waals surface area contributed by atoms with Crippen LogP contribution in [0.25, 0.3) is 0 Å². The van der Waals surface area contributed by atoms with Gasteiger partial charge >= 0.3 is 0 Å². The largest absolute Gasteiger partial charge is 0.356 e. The summed E-state index contributed by atoms with van der Waals surface area (Å²) in [6.45, 7) is -0.107. The van der Waals surface area contributed by atoms with E-state index in [0.717, 1.165) is 19.3 Å². The minimum atomic E-state index is -0.747. The summed E-state index contributed by atoms with van der Waals surface area (Å²) >= 11 is 6.18. The Hall–Kier alpha value is -1.59. The minimum Gasteiger partial charge on any atom is -0.356 e. The monoisotopic (exact) mass is 308 g/mol. The molecule has 1 aliphatic carbocycles. The summed E-state index contributed by atoms with van der Waals surface area (Å²) in [6, 6.07) is 6.83. The van der Waals surface area contributed by atoms with Crippen LogP contribution >= 0.6 is 11.6 Å². The van der Waals surface area contributed by atoms with Gasteiger partial charge in [-0.3, -0.25) is 9.59 Å². The fourth-order valence-corrected chi connectivity index (χ4v) is 2.84. The van der Waals surface area contributed by atoms with Gasteiger partial charge in [0.25, 0.3) is 5.91 Å². The summed E-state index contributed by atoms with van der Waals surface area (Å²) in [6.07, 6.45) is 2.40. The van der Waals surface area contributed by atoms with Crippen molar-refractivity contribution < 1.29 is 14.3 Å². The highest BCUT2D eigenvalue weighted by molar-refractivity contribution is 6.31. The Bertz CT molecular complexity index is 560. The smallest absolute Gasteiger partial charge is 0.251 e. The van der Waals surface area contributed by atoms with Crippen LogP contribution in [0.2, 0.25) is 5.02 Å². The molecule has 0 spiro atoms. The van der Waals surface area contributed by atoms with Crippen molar-refractivity contribution in [1.29, 1.82) is 0 Å². The van der Waals surface area contributed by atoms with Gasteiger partial charge in [-0.25, -0.2) is 0 Å². The molecule has 1 heterocycles. The lowest BCUT2D eigenvalue weighted by Gasteiger charge is -2.34. The topological polar surface area (TPSA) is 67.4 Å². The number of benzene rings is 1. The lowest BCUT2D eigenvalue weighted by Crippen LogP contribution is -2.54. The fraction of sp³-hybridized carbons (Fsp3) is 0.467. The number of nitrogens with one attached hydrogen (secondary N) is 2. The standard InChI is InChI=1S/C15H17ClN2O3/c16-11-7-2-1-6-10(11)13-14(21-8-12(19)18-13)15(20)17-9-4-3-5-9/h1-2,6-7,9,13-14H,3-5,8H2,(H,17,20)(H,18,19)/t13-,14+/m1/s1.